The maximum atomic E-state index is 4.64. The van der Waals surface area contributed by atoms with Crippen molar-refractivity contribution in [3.05, 3.63) is 51.8 Å². The van der Waals surface area contributed by atoms with Crippen LogP contribution in [0.2, 0.25) is 0 Å². The van der Waals surface area contributed by atoms with Gasteiger partial charge >= 0.3 is 0 Å². The van der Waals surface area contributed by atoms with Gasteiger partial charge in [0.2, 0.25) is 0 Å². The van der Waals surface area contributed by atoms with Crippen LogP contribution in [0.1, 0.15) is 16.7 Å². The second-order valence-corrected chi connectivity index (χ2v) is 5.56. The molecule has 0 aliphatic heterocycles. The lowest BCUT2D eigenvalue weighted by Gasteiger charge is -2.11. The number of fused-ring (bicyclic) bond motifs is 1. The van der Waals surface area contributed by atoms with E-state index in [0.29, 0.717) is 0 Å². The zero-order valence-electron chi connectivity index (χ0n) is 11.1. The molecule has 0 aliphatic carbocycles. The summed E-state index contributed by atoms with van der Waals surface area (Å²) in [5.74, 6) is 0. The lowest BCUT2D eigenvalue weighted by Crippen LogP contribution is -1.97. The first kappa shape index (κ1) is 12.4. The van der Waals surface area contributed by atoms with Crippen molar-refractivity contribution in [1.82, 2.24) is 14.6 Å². The minimum absolute atomic E-state index is 0.845. The van der Waals surface area contributed by atoms with Gasteiger partial charge in [0, 0.05) is 5.56 Å². The van der Waals surface area contributed by atoms with Crippen LogP contribution in [0.4, 0.5) is 0 Å². The summed E-state index contributed by atoms with van der Waals surface area (Å²) in [6.07, 6.45) is 1.76. The molecular weight excluding hydrogens is 302 g/mol. The molecule has 1 aromatic carbocycles. The summed E-state index contributed by atoms with van der Waals surface area (Å²) in [6.45, 7) is 6.43. The molecule has 3 aromatic rings. The zero-order valence-corrected chi connectivity index (χ0v) is 12.7. The summed E-state index contributed by atoms with van der Waals surface area (Å²) in [5.41, 5.74) is 6.90. The lowest BCUT2D eigenvalue weighted by atomic mass is 9.97. The SMILES string of the molecule is Cc1ccc(-c2ccc3ncc(Br)n3n2)c(C)c1C. The summed E-state index contributed by atoms with van der Waals surface area (Å²) in [7, 11) is 0. The Hall–Kier alpha value is -1.68. The number of halogens is 1. The van der Waals surface area contributed by atoms with Gasteiger partial charge in [-0.05, 0) is 65.5 Å². The Kier molecular flexibility index (Phi) is 2.90. The van der Waals surface area contributed by atoms with Crippen LogP contribution in [0.5, 0.6) is 0 Å². The van der Waals surface area contributed by atoms with E-state index >= 15 is 0 Å². The van der Waals surface area contributed by atoms with Crippen LogP contribution in [-0.4, -0.2) is 14.6 Å². The van der Waals surface area contributed by atoms with Crippen LogP contribution in [0.15, 0.2) is 35.1 Å². The van der Waals surface area contributed by atoms with Crippen molar-refractivity contribution in [3.8, 4) is 11.3 Å². The van der Waals surface area contributed by atoms with Crippen molar-refractivity contribution in [2.45, 2.75) is 20.8 Å². The maximum absolute atomic E-state index is 4.64. The van der Waals surface area contributed by atoms with Crippen molar-refractivity contribution in [3.63, 3.8) is 0 Å². The topological polar surface area (TPSA) is 30.2 Å². The molecule has 0 N–H and O–H groups in total. The van der Waals surface area contributed by atoms with Gasteiger partial charge in [-0.3, -0.25) is 0 Å². The highest BCUT2D eigenvalue weighted by molar-refractivity contribution is 9.10. The van der Waals surface area contributed by atoms with E-state index in [0.717, 1.165) is 15.9 Å². The van der Waals surface area contributed by atoms with E-state index in [4.69, 9.17) is 0 Å². The molecule has 0 radical (unpaired) electrons. The van der Waals surface area contributed by atoms with E-state index in [-0.39, 0.29) is 0 Å². The average Bonchev–Trinajstić information content (AvgIpc) is 2.78. The molecule has 3 nitrogen and oxygen atoms in total. The van der Waals surface area contributed by atoms with E-state index in [1.807, 2.05) is 16.6 Å². The van der Waals surface area contributed by atoms with Crippen LogP contribution in [0, 0.1) is 20.8 Å². The molecule has 19 heavy (non-hydrogen) atoms. The van der Waals surface area contributed by atoms with E-state index in [9.17, 15) is 0 Å². The van der Waals surface area contributed by atoms with Gasteiger partial charge in [0.1, 0.15) is 4.60 Å². The molecular formula is C15H14BrN3. The molecule has 0 unspecified atom stereocenters. The molecule has 0 spiro atoms. The third-order valence-corrected chi connectivity index (χ3v) is 4.20. The highest BCUT2D eigenvalue weighted by Crippen LogP contribution is 2.26. The molecule has 3 rings (SSSR count). The lowest BCUT2D eigenvalue weighted by molar-refractivity contribution is 0.921. The number of rotatable bonds is 1. The van der Waals surface area contributed by atoms with E-state index in [1.54, 1.807) is 6.20 Å². The number of hydrogen-bond donors (Lipinski definition) is 0. The maximum Gasteiger partial charge on any atom is 0.154 e. The molecule has 0 bridgehead atoms. The second-order valence-electron chi connectivity index (χ2n) is 4.75. The first-order valence-corrected chi connectivity index (χ1v) is 6.94. The van der Waals surface area contributed by atoms with Gasteiger partial charge < -0.3 is 0 Å². The molecule has 0 atom stereocenters. The number of imidazole rings is 1. The second kappa shape index (κ2) is 4.46. The summed E-state index contributed by atoms with van der Waals surface area (Å²) >= 11 is 3.46. The van der Waals surface area contributed by atoms with Gasteiger partial charge in [-0.15, -0.1) is 0 Å². The predicted octanol–water partition coefficient (Wildman–Crippen LogP) is 4.08. The van der Waals surface area contributed by atoms with Crippen LogP contribution in [0.3, 0.4) is 0 Å². The summed E-state index contributed by atoms with van der Waals surface area (Å²) in [5, 5.41) is 4.64. The van der Waals surface area contributed by atoms with E-state index in [1.165, 1.54) is 22.3 Å². The van der Waals surface area contributed by atoms with Crippen LogP contribution < -0.4 is 0 Å². The summed E-state index contributed by atoms with van der Waals surface area (Å²) < 4.78 is 2.68. The highest BCUT2D eigenvalue weighted by Gasteiger charge is 2.09. The number of aryl methyl sites for hydroxylation is 1. The molecule has 0 amide bonds. The third kappa shape index (κ3) is 1.96. The zero-order chi connectivity index (χ0) is 13.6. The highest BCUT2D eigenvalue weighted by atomic mass is 79.9. The number of aromatic nitrogens is 3. The molecule has 2 aromatic heterocycles. The minimum atomic E-state index is 0.845. The van der Waals surface area contributed by atoms with Crippen molar-refractivity contribution in [2.24, 2.45) is 0 Å². The fourth-order valence-corrected chi connectivity index (χ4v) is 2.59. The summed E-state index contributed by atoms with van der Waals surface area (Å²) in [4.78, 5) is 4.26. The first-order chi connectivity index (χ1) is 9.08. The van der Waals surface area contributed by atoms with E-state index in [2.05, 4.69) is 58.9 Å². The van der Waals surface area contributed by atoms with Crippen LogP contribution >= 0.6 is 15.9 Å². The van der Waals surface area contributed by atoms with Crippen molar-refractivity contribution >= 4 is 21.6 Å². The molecule has 0 saturated carbocycles. The molecule has 0 fully saturated rings. The van der Waals surface area contributed by atoms with Crippen molar-refractivity contribution in [1.29, 1.82) is 0 Å². The van der Waals surface area contributed by atoms with Crippen LogP contribution in [-0.2, 0) is 0 Å². The average molecular weight is 316 g/mol. The minimum Gasteiger partial charge on any atom is -0.234 e. The largest absolute Gasteiger partial charge is 0.234 e. The third-order valence-electron chi connectivity index (χ3n) is 3.65. The fraction of sp³-hybridized carbons (Fsp3) is 0.200. The Morgan fingerprint density at radius 3 is 2.58 bits per heavy atom. The van der Waals surface area contributed by atoms with Gasteiger partial charge in [0.05, 0.1) is 11.9 Å². The Bertz CT molecular complexity index is 774. The fourth-order valence-electron chi connectivity index (χ4n) is 2.22. The number of nitrogens with zero attached hydrogens (tertiary/aromatic N) is 3. The Balaban J connectivity index is 2.24. The molecule has 0 aliphatic rings. The van der Waals surface area contributed by atoms with Gasteiger partial charge in [-0.1, -0.05) is 12.1 Å². The molecule has 4 heteroatoms. The first-order valence-electron chi connectivity index (χ1n) is 6.15. The summed E-state index contributed by atoms with van der Waals surface area (Å²) in [6, 6.07) is 8.29. The standard InChI is InChI=1S/C15H14BrN3/c1-9-4-5-12(11(3)10(9)2)13-6-7-15-17-8-14(16)19(15)18-13/h4-8H,1-3H3. The van der Waals surface area contributed by atoms with Crippen LogP contribution in [0.25, 0.3) is 16.9 Å². The monoisotopic (exact) mass is 315 g/mol. The Labute approximate surface area is 120 Å². The Morgan fingerprint density at radius 2 is 1.79 bits per heavy atom. The molecule has 0 saturated heterocycles. The van der Waals surface area contributed by atoms with Crippen molar-refractivity contribution in [2.75, 3.05) is 0 Å². The van der Waals surface area contributed by atoms with Gasteiger partial charge in [-0.25, -0.2) is 9.50 Å². The molecule has 2 heterocycles. The van der Waals surface area contributed by atoms with E-state index < -0.39 is 0 Å². The quantitative estimate of drug-likeness (QED) is 0.677. The van der Waals surface area contributed by atoms with Gasteiger partial charge in [-0.2, -0.15) is 5.10 Å². The van der Waals surface area contributed by atoms with Crippen molar-refractivity contribution < 1.29 is 0 Å². The molecule has 96 valence electrons. The van der Waals surface area contributed by atoms with Gasteiger partial charge in [0.25, 0.3) is 0 Å². The Morgan fingerprint density at radius 1 is 1.00 bits per heavy atom. The number of benzene rings is 1. The smallest absolute Gasteiger partial charge is 0.154 e. The predicted molar refractivity (Wildman–Crippen MR) is 80.3 cm³/mol. The normalized spacial score (nSPS) is 11.2. The number of hydrogen-bond acceptors (Lipinski definition) is 2. The van der Waals surface area contributed by atoms with Gasteiger partial charge in [0.15, 0.2) is 5.65 Å².